The van der Waals surface area contributed by atoms with Crippen LogP contribution in [0.5, 0.6) is 0 Å². The summed E-state index contributed by atoms with van der Waals surface area (Å²) in [5, 5.41) is 4.29. The van der Waals surface area contributed by atoms with Crippen LogP contribution in [0.3, 0.4) is 0 Å². The fraction of sp³-hybridized carbons (Fsp3) is 0.200. The average molecular weight is 186 g/mol. The maximum absolute atomic E-state index is 4.51. The second-order valence-electron chi connectivity index (χ2n) is 3.23. The van der Waals surface area contributed by atoms with E-state index in [1.165, 1.54) is 0 Å². The molecule has 0 bridgehead atoms. The summed E-state index contributed by atoms with van der Waals surface area (Å²) < 4.78 is 3.90. The molecule has 0 N–H and O–H groups in total. The van der Waals surface area contributed by atoms with Gasteiger partial charge in [0, 0.05) is 6.54 Å². The van der Waals surface area contributed by atoms with Gasteiger partial charge in [0.2, 0.25) is 5.78 Å². The molecule has 0 amide bonds. The molecule has 1 aromatic carbocycles. The molecule has 0 fully saturated rings. The van der Waals surface area contributed by atoms with Gasteiger partial charge in [0.1, 0.15) is 6.33 Å². The van der Waals surface area contributed by atoms with Crippen molar-refractivity contribution < 1.29 is 0 Å². The van der Waals surface area contributed by atoms with Crippen LogP contribution in [0, 0.1) is 0 Å². The number of fused-ring (bicyclic) bond motifs is 3. The van der Waals surface area contributed by atoms with Crippen LogP contribution in [0.2, 0.25) is 0 Å². The van der Waals surface area contributed by atoms with E-state index in [1.807, 2.05) is 39.7 Å². The van der Waals surface area contributed by atoms with E-state index in [2.05, 4.69) is 17.0 Å². The summed E-state index contributed by atoms with van der Waals surface area (Å²) in [6.45, 7) is 2.98. The van der Waals surface area contributed by atoms with E-state index >= 15 is 0 Å². The minimum atomic E-state index is 0.896. The molecule has 2 heterocycles. The summed E-state index contributed by atoms with van der Waals surface area (Å²) in [5.74, 6) is 0.911. The number of aryl methyl sites for hydroxylation is 1. The van der Waals surface area contributed by atoms with Gasteiger partial charge in [-0.15, -0.1) is 0 Å². The highest BCUT2D eigenvalue weighted by atomic mass is 15.4. The summed E-state index contributed by atoms with van der Waals surface area (Å²) >= 11 is 0. The lowest BCUT2D eigenvalue weighted by atomic mass is 10.3. The Morgan fingerprint density at radius 3 is 3.00 bits per heavy atom. The van der Waals surface area contributed by atoms with Crippen molar-refractivity contribution in [3.8, 4) is 0 Å². The highest BCUT2D eigenvalue weighted by molar-refractivity contribution is 5.78. The monoisotopic (exact) mass is 186 g/mol. The quantitative estimate of drug-likeness (QED) is 0.579. The summed E-state index contributed by atoms with van der Waals surface area (Å²) in [4.78, 5) is 4.51. The number of nitrogens with zero attached hydrogens (tertiary/aromatic N) is 4. The van der Waals surface area contributed by atoms with Gasteiger partial charge in [0.25, 0.3) is 0 Å². The molecule has 4 heteroatoms. The lowest BCUT2D eigenvalue weighted by molar-refractivity contribution is 0.779. The number of aromatic nitrogens is 4. The Morgan fingerprint density at radius 1 is 1.29 bits per heavy atom. The minimum absolute atomic E-state index is 0.896. The number of para-hydroxylation sites is 2. The smallest absolute Gasteiger partial charge is 0.233 e. The molecule has 0 atom stereocenters. The average Bonchev–Trinajstić information content (AvgIpc) is 2.75. The molecule has 14 heavy (non-hydrogen) atoms. The topological polar surface area (TPSA) is 35.1 Å². The fourth-order valence-electron chi connectivity index (χ4n) is 1.69. The molecule has 0 saturated heterocycles. The van der Waals surface area contributed by atoms with Crippen LogP contribution in [0.25, 0.3) is 16.8 Å². The van der Waals surface area contributed by atoms with Crippen LogP contribution < -0.4 is 0 Å². The molecule has 2 aromatic heterocycles. The van der Waals surface area contributed by atoms with Gasteiger partial charge in [-0.3, -0.25) is 4.57 Å². The van der Waals surface area contributed by atoms with Crippen molar-refractivity contribution in [3.05, 3.63) is 30.6 Å². The van der Waals surface area contributed by atoms with Crippen molar-refractivity contribution in [1.82, 2.24) is 19.2 Å². The molecule has 70 valence electrons. The molecule has 3 rings (SSSR count). The first-order chi connectivity index (χ1) is 6.90. The maximum atomic E-state index is 4.51. The zero-order chi connectivity index (χ0) is 9.54. The SMILES string of the molecule is CCn1cnn2c3ccccc3nc12. The number of hydrogen-bond donors (Lipinski definition) is 0. The summed E-state index contributed by atoms with van der Waals surface area (Å²) in [7, 11) is 0. The zero-order valence-corrected chi connectivity index (χ0v) is 7.88. The third kappa shape index (κ3) is 0.824. The largest absolute Gasteiger partial charge is 0.300 e. The Labute approximate surface area is 80.8 Å². The Bertz CT molecular complexity index is 590. The molecule has 0 radical (unpaired) electrons. The van der Waals surface area contributed by atoms with E-state index in [0.29, 0.717) is 0 Å². The van der Waals surface area contributed by atoms with Gasteiger partial charge >= 0.3 is 0 Å². The highest BCUT2D eigenvalue weighted by Crippen LogP contribution is 2.14. The Balaban J connectivity index is 2.51. The molecule has 0 saturated carbocycles. The van der Waals surface area contributed by atoms with Gasteiger partial charge in [-0.1, -0.05) is 12.1 Å². The molecule has 3 aromatic rings. The van der Waals surface area contributed by atoms with Crippen LogP contribution in [-0.4, -0.2) is 19.2 Å². The number of imidazole rings is 1. The third-order valence-electron chi connectivity index (χ3n) is 2.42. The molecule has 0 unspecified atom stereocenters. The predicted octanol–water partition coefficient (Wildman–Crippen LogP) is 1.70. The van der Waals surface area contributed by atoms with E-state index in [0.717, 1.165) is 23.4 Å². The van der Waals surface area contributed by atoms with Crippen molar-refractivity contribution in [2.75, 3.05) is 0 Å². The second-order valence-corrected chi connectivity index (χ2v) is 3.23. The first-order valence-electron chi connectivity index (χ1n) is 4.69. The van der Waals surface area contributed by atoms with Crippen LogP contribution in [0.1, 0.15) is 6.92 Å². The first-order valence-corrected chi connectivity index (χ1v) is 4.69. The van der Waals surface area contributed by atoms with Gasteiger partial charge < -0.3 is 0 Å². The predicted molar refractivity (Wildman–Crippen MR) is 54.2 cm³/mol. The normalized spacial score (nSPS) is 11.5. The Kier molecular flexibility index (Phi) is 1.39. The van der Waals surface area contributed by atoms with Crippen LogP contribution in [0.15, 0.2) is 30.6 Å². The Hall–Kier alpha value is -1.84. The number of rotatable bonds is 1. The summed E-state index contributed by atoms with van der Waals surface area (Å²) in [6.07, 6.45) is 1.81. The summed E-state index contributed by atoms with van der Waals surface area (Å²) in [5.41, 5.74) is 2.06. The van der Waals surface area contributed by atoms with Crippen molar-refractivity contribution in [1.29, 1.82) is 0 Å². The standard InChI is InChI=1S/C10H10N4/c1-2-13-7-11-14-9-6-4-3-5-8(9)12-10(13)14/h3-7H,2H2,1H3. The number of hydrogen-bond acceptors (Lipinski definition) is 2. The molecule has 0 aliphatic carbocycles. The van der Waals surface area contributed by atoms with Crippen molar-refractivity contribution >= 4 is 16.8 Å². The summed E-state index contributed by atoms with van der Waals surface area (Å²) in [6, 6.07) is 8.03. The second kappa shape index (κ2) is 2.57. The third-order valence-corrected chi connectivity index (χ3v) is 2.42. The van der Waals surface area contributed by atoms with Gasteiger partial charge in [0.15, 0.2) is 0 Å². The molecular formula is C10H10N4. The van der Waals surface area contributed by atoms with E-state index < -0.39 is 0 Å². The van der Waals surface area contributed by atoms with Crippen molar-refractivity contribution in [3.63, 3.8) is 0 Å². The molecule has 0 aliphatic heterocycles. The van der Waals surface area contributed by atoms with Crippen LogP contribution in [0.4, 0.5) is 0 Å². The lowest BCUT2D eigenvalue weighted by Gasteiger charge is -1.90. The lowest BCUT2D eigenvalue weighted by Crippen LogP contribution is -1.92. The zero-order valence-electron chi connectivity index (χ0n) is 7.88. The highest BCUT2D eigenvalue weighted by Gasteiger charge is 2.07. The van der Waals surface area contributed by atoms with Crippen LogP contribution >= 0.6 is 0 Å². The van der Waals surface area contributed by atoms with E-state index in [4.69, 9.17) is 0 Å². The van der Waals surface area contributed by atoms with E-state index in [1.54, 1.807) is 0 Å². The van der Waals surface area contributed by atoms with Crippen molar-refractivity contribution in [2.45, 2.75) is 13.5 Å². The first kappa shape index (κ1) is 7.55. The van der Waals surface area contributed by atoms with Gasteiger partial charge in [-0.25, -0.2) is 4.98 Å². The molecular weight excluding hydrogens is 176 g/mol. The van der Waals surface area contributed by atoms with Gasteiger partial charge in [0.05, 0.1) is 11.0 Å². The van der Waals surface area contributed by atoms with E-state index in [-0.39, 0.29) is 0 Å². The Morgan fingerprint density at radius 2 is 2.14 bits per heavy atom. The molecule has 4 nitrogen and oxygen atoms in total. The number of benzene rings is 1. The van der Waals surface area contributed by atoms with Crippen molar-refractivity contribution in [2.24, 2.45) is 0 Å². The van der Waals surface area contributed by atoms with Gasteiger partial charge in [-0.2, -0.15) is 9.61 Å². The van der Waals surface area contributed by atoms with Gasteiger partial charge in [-0.05, 0) is 19.1 Å². The molecule has 0 aliphatic rings. The molecule has 0 spiro atoms. The van der Waals surface area contributed by atoms with Crippen LogP contribution in [-0.2, 0) is 6.54 Å². The maximum Gasteiger partial charge on any atom is 0.233 e. The van der Waals surface area contributed by atoms with E-state index in [9.17, 15) is 0 Å². The fourth-order valence-corrected chi connectivity index (χ4v) is 1.69. The minimum Gasteiger partial charge on any atom is -0.300 e.